The van der Waals surface area contributed by atoms with Gasteiger partial charge in [0.05, 0.1) is 30.0 Å². The summed E-state index contributed by atoms with van der Waals surface area (Å²) in [6.07, 6.45) is 1.19. The van der Waals surface area contributed by atoms with Crippen LogP contribution in [0.5, 0.6) is 11.5 Å². The van der Waals surface area contributed by atoms with E-state index in [4.69, 9.17) is 14.5 Å². The van der Waals surface area contributed by atoms with Gasteiger partial charge >= 0.3 is 0 Å². The molecule has 1 amide bonds. The van der Waals surface area contributed by atoms with Crippen LogP contribution in [0.2, 0.25) is 0 Å². The number of methoxy groups -OCH3 is 1. The minimum Gasteiger partial charge on any atom is -0.493 e. The Labute approximate surface area is 238 Å². The van der Waals surface area contributed by atoms with E-state index in [-0.39, 0.29) is 19.0 Å². The van der Waals surface area contributed by atoms with Crippen LogP contribution in [0, 0.1) is 0 Å². The van der Waals surface area contributed by atoms with Gasteiger partial charge in [-0.1, -0.05) is 66.7 Å². The molecule has 1 aliphatic rings. The molecular weight excluding hydrogens is 544 g/mol. The molecule has 40 heavy (non-hydrogen) atoms. The number of ether oxygens (including phenoxy) is 2. The van der Waals surface area contributed by atoms with Crippen molar-refractivity contribution >= 4 is 38.5 Å². The lowest BCUT2D eigenvalue weighted by Crippen LogP contribution is -2.32. The number of hydrogen-bond donors (Lipinski definition) is 0. The quantitative estimate of drug-likeness (QED) is 0.215. The van der Waals surface area contributed by atoms with Crippen molar-refractivity contribution in [2.24, 2.45) is 4.99 Å². The Kier molecular flexibility index (Phi) is 8.04. The van der Waals surface area contributed by atoms with Gasteiger partial charge in [-0.05, 0) is 24.6 Å². The van der Waals surface area contributed by atoms with Gasteiger partial charge in [0.1, 0.15) is 5.25 Å². The maximum Gasteiger partial charge on any atom is 0.264 e. The lowest BCUT2D eigenvalue weighted by molar-refractivity contribution is 0.0781. The maximum atomic E-state index is 13.4. The van der Waals surface area contributed by atoms with Crippen molar-refractivity contribution in [3.05, 3.63) is 111 Å². The van der Waals surface area contributed by atoms with Crippen LogP contribution in [0.15, 0.2) is 89.2 Å². The van der Waals surface area contributed by atoms with Crippen LogP contribution in [-0.4, -0.2) is 51.5 Å². The highest BCUT2D eigenvalue weighted by molar-refractivity contribution is 7.91. The van der Waals surface area contributed by atoms with Crippen molar-refractivity contribution < 1.29 is 22.7 Å². The number of aliphatic imine (C=N–C) groups is 1. The second-order valence-corrected chi connectivity index (χ2v) is 12.6. The molecule has 0 N–H and O–H groups in total. The monoisotopic (exact) mass is 574 g/mol. The van der Waals surface area contributed by atoms with E-state index in [1.165, 1.54) is 24.7 Å². The SMILES string of the molecule is CCOc1cc([C@H](CN2Cc3c(N=C(c4ccccc4)c4ccccc4)csc3C2=O)S(C)(=O)=O)ccc1OC. The van der Waals surface area contributed by atoms with E-state index in [9.17, 15) is 13.2 Å². The van der Waals surface area contributed by atoms with Gasteiger partial charge in [0.2, 0.25) is 0 Å². The van der Waals surface area contributed by atoms with Crippen LogP contribution in [0.3, 0.4) is 0 Å². The Hall–Kier alpha value is -3.95. The fourth-order valence-electron chi connectivity index (χ4n) is 4.81. The number of thiophene rings is 1. The number of carbonyl (C=O) groups excluding carboxylic acids is 1. The molecule has 0 saturated heterocycles. The summed E-state index contributed by atoms with van der Waals surface area (Å²) in [5.74, 6) is 0.802. The predicted octanol–water partition coefficient (Wildman–Crippen LogP) is 6.07. The summed E-state index contributed by atoms with van der Waals surface area (Å²) in [7, 11) is -2.03. The molecular formula is C31H30N2O5S2. The number of rotatable bonds is 10. The summed E-state index contributed by atoms with van der Waals surface area (Å²) in [5, 5.41) is 0.976. The molecule has 0 saturated carbocycles. The van der Waals surface area contributed by atoms with E-state index >= 15 is 0 Å². The van der Waals surface area contributed by atoms with E-state index in [0.29, 0.717) is 28.5 Å². The van der Waals surface area contributed by atoms with Crippen molar-refractivity contribution in [2.75, 3.05) is 26.5 Å². The summed E-state index contributed by atoms with van der Waals surface area (Å²) in [6.45, 7) is 2.56. The van der Waals surface area contributed by atoms with Crippen molar-refractivity contribution in [3.8, 4) is 11.5 Å². The number of hydrogen-bond acceptors (Lipinski definition) is 7. The molecule has 2 heterocycles. The second-order valence-electron chi connectivity index (χ2n) is 9.47. The third-order valence-electron chi connectivity index (χ3n) is 6.79. The Balaban J connectivity index is 1.47. The Morgan fingerprint density at radius 2 is 1.65 bits per heavy atom. The topological polar surface area (TPSA) is 85.3 Å². The fourth-order valence-corrected chi connectivity index (χ4v) is 6.87. The summed E-state index contributed by atoms with van der Waals surface area (Å²) in [6, 6.07) is 25.0. The molecule has 1 aliphatic heterocycles. The molecule has 0 unspecified atom stereocenters. The van der Waals surface area contributed by atoms with E-state index in [1.54, 1.807) is 23.1 Å². The number of carbonyl (C=O) groups is 1. The average Bonchev–Trinajstić information content (AvgIpc) is 3.50. The van der Waals surface area contributed by atoms with Crippen LogP contribution in [-0.2, 0) is 16.4 Å². The Morgan fingerprint density at radius 1 is 1.00 bits per heavy atom. The van der Waals surface area contributed by atoms with Crippen LogP contribution in [0.1, 0.15) is 44.1 Å². The fraction of sp³-hybridized carbons (Fsp3) is 0.226. The van der Waals surface area contributed by atoms with E-state index < -0.39 is 15.1 Å². The van der Waals surface area contributed by atoms with Gasteiger partial charge < -0.3 is 14.4 Å². The highest BCUT2D eigenvalue weighted by atomic mass is 32.2. The molecule has 7 nitrogen and oxygen atoms in total. The van der Waals surface area contributed by atoms with Crippen LogP contribution in [0.4, 0.5) is 5.69 Å². The van der Waals surface area contributed by atoms with Gasteiger partial charge in [-0.25, -0.2) is 13.4 Å². The molecule has 206 valence electrons. The summed E-state index contributed by atoms with van der Waals surface area (Å²) < 4.78 is 36.9. The maximum absolute atomic E-state index is 13.4. The first kappa shape index (κ1) is 27.6. The number of sulfone groups is 1. The summed E-state index contributed by atoms with van der Waals surface area (Å²) in [4.78, 5) is 20.7. The Morgan fingerprint density at radius 3 is 2.23 bits per heavy atom. The minimum atomic E-state index is -3.57. The molecule has 0 aliphatic carbocycles. The second kappa shape index (κ2) is 11.7. The standard InChI is InChI=1S/C31H30N2O5S2/c1-4-38-27-17-23(15-16-26(27)37-2)28(40(3,35)36)19-33-18-24-25(20-39-30(24)31(33)34)32-29(21-11-7-5-8-12-21)22-13-9-6-10-14-22/h5-17,20,28H,4,18-19H2,1-3H3/t28-/m0/s1. The van der Waals surface area contributed by atoms with Crippen molar-refractivity contribution in [1.82, 2.24) is 4.90 Å². The van der Waals surface area contributed by atoms with Gasteiger partial charge in [0.15, 0.2) is 21.3 Å². The molecule has 4 aromatic rings. The minimum absolute atomic E-state index is 0.0182. The van der Waals surface area contributed by atoms with Crippen molar-refractivity contribution in [1.29, 1.82) is 0 Å². The van der Waals surface area contributed by atoms with E-state index in [0.717, 1.165) is 28.1 Å². The molecule has 0 fully saturated rings. The van der Waals surface area contributed by atoms with Gasteiger partial charge in [-0.2, -0.15) is 0 Å². The number of amides is 1. The zero-order valence-corrected chi connectivity index (χ0v) is 24.2. The van der Waals surface area contributed by atoms with Gasteiger partial charge in [-0.3, -0.25) is 4.79 Å². The van der Waals surface area contributed by atoms with Gasteiger partial charge in [0, 0.05) is 41.4 Å². The third kappa shape index (κ3) is 5.66. The third-order valence-corrected chi connectivity index (χ3v) is 9.24. The molecule has 9 heteroatoms. The first-order chi connectivity index (χ1) is 19.3. The zero-order valence-electron chi connectivity index (χ0n) is 22.5. The molecule has 0 bridgehead atoms. The van der Waals surface area contributed by atoms with Crippen LogP contribution in [0.25, 0.3) is 0 Å². The predicted molar refractivity (Wildman–Crippen MR) is 159 cm³/mol. The largest absolute Gasteiger partial charge is 0.493 e. The van der Waals surface area contributed by atoms with Crippen molar-refractivity contribution in [2.45, 2.75) is 18.7 Å². The molecule has 0 radical (unpaired) electrons. The normalized spacial score (nSPS) is 13.6. The smallest absolute Gasteiger partial charge is 0.264 e. The first-order valence-electron chi connectivity index (χ1n) is 12.9. The van der Waals surface area contributed by atoms with Crippen molar-refractivity contribution in [3.63, 3.8) is 0 Å². The van der Waals surface area contributed by atoms with Gasteiger partial charge in [0.25, 0.3) is 5.91 Å². The summed E-state index contributed by atoms with van der Waals surface area (Å²) >= 11 is 1.34. The zero-order chi connectivity index (χ0) is 28.3. The van der Waals surface area contributed by atoms with Crippen LogP contribution >= 0.6 is 11.3 Å². The van der Waals surface area contributed by atoms with E-state index in [1.807, 2.05) is 73.0 Å². The number of fused-ring (bicyclic) bond motifs is 1. The molecule has 1 atom stereocenters. The van der Waals surface area contributed by atoms with Crippen LogP contribution < -0.4 is 9.47 Å². The first-order valence-corrected chi connectivity index (χ1v) is 15.7. The molecule has 5 rings (SSSR count). The van der Waals surface area contributed by atoms with Gasteiger partial charge in [-0.15, -0.1) is 11.3 Å². The lowest BCUT2D eigenvalue weighted by atomic mass is 10.0. The number of nitrogens with zero attached hydrogens (tertiary/aromatic N) is 2. The molecule has 1 aromatic heterocycles. The molecule has 3 aromatic carbocycles. The van der Waals surface area contributed by atoms with E-state index in [2.05, 4.69) is 0 Å². The average molecular weight is 575 g/mol. The molecule has 0 spiro atoms. The number of benzene rings is 3. The summed E-state index contributed by atoms with van der Waals surface area (Å²) in [5.41, 5.74) is 4.83. The lowest BCUT2D eigenvalue weighted by Gasteiger charge is -2.24. The Bertz CT molecular complexity index is 1610. The highest BCUT2D eigenvalue weighted by Crippen LogP contribution is 2.40. The highest BCUT2D eigenvalue weighted by Gasteiger charge is 2.36.